The molecule has 3 N–H and O–H groups in total. The summed E-state index contributed by atoms with van der Waals surface area (Å²) in [6.07, 6.45) is 3.48. The zero-order valence-corrected chi connectivity index (χ0v) is 19.8. The predicted octanol–water partition coefficient (Wildman–Crippen LogP) is 3.29. The molecule has 5 rings (SSSR count). The molecule has 34 heavy (non-hydrogen) atoms. The van der Waals surface area contributed by atoms with Gasteiger partial charge in [-0.15, -0.1) is 0 Å². The van der Waals surface area contributed by atoms with Crippen molar-refractivity contribution in [1.29, 1.82) is 0 Å². The van der Waals surface area contributed by atoms with Gasteiger partial charge < -0.3 is 15.8 Å². The monoisotopic (exact) mass is 478 g/mol. The first-order chi connectivity index (χ1) is 16.2. The molecule has 0 bridgehead atoms. The minimum absolute atomic E-state index is 0.0886. The fourth-order valence-electron chi connectivity index (χ4n) is 4.04. The molecule has 1 amide bonds. The zero-order chi connectivity index (χ0) is 24.0. The Balaban J connectivity index is 1.46. The number of anilines is 1. The van der Waals surface area contributed by atoms with Crippen molar-refractivity contribution < 1.29 is 17.9 Å². The summed E-state index contributed by atoms with van der Waals surface area (Å²) < 4.78 is 32.9. The number of rotatable bonds is 5. The van der Waals surface area contributed by atoms with E-state index in [0.717, 1.165) is 29.5 Å². The van der Waals surface area contributed by atoms with E-state index in [9.17, 15) is 13.2 Å². The van der Waals surface area contributed by atoms with E-state index >= 15 is 0 Å². The molecule has 0 spiro atoms. The van der Waals surface area contributed by atoms with Gasteiger partial charge in [-0.1, -0.05) is 18.2 Å². The normalized spacial score (nSPS) is 18.1. The van der Waals surface area contributed by atoms with Crippen molar-refractivity contribution in [3.63, 3.8) is 0 Å². The average molecular weight is 479 g/mol. The Hall–Kier alpha value is -3.43. The molecule has 1 aliphatic heterocycles. The van der Waals surface area contributed by atoms with Crippen molar-refractivity contribution in [1.82, 2.24) is 14.6 Å². The predicted molar refractivity (Wildman–Crippen MR) is 130 cm³/mol. The number of carbonyl (C=O) groups excluding carboxylic acids is 1. The summed E-state index contributed by atoms with van der Waals surface area (Å²) in [6.45, 7) is 2.26. The number of carbonyl (C=O) groups is 1. The molecule has 1 aliphatic carbocycles. The average Bonchev–Trinajstić information content (AvgIpc) is 3.68. The lowest BCUT2D eigenvalue weighted by Crippen LogP contribution is -2.33. The van der Waals surface area contributed by atoms with Gasteiger partial charge in [-0.05, 0) is 61.2 Å². The third-order valence-corrected chi connectivity index (χ3v) is 8.17. The Morgan fingerprint density at radius 2 is 1.74 bits per heavy atom. The fourth-order valence-corrected chi connectivity index (χ4v) is 5.46. The Kier molecular flexibility index (Phi) is 5.53. The molecule has 0 radical (unpaired) electrons. The maximum absolute atomic E-state index is 12.8. The van der Waals surface area contributed by atoms with Crippen LogP contribution in [0.25, 0.3) is 22.3 Å². The Labute approximate surface area is 198 Å². The lowest BCUT2D eigenvalue weighted by Gasteiger charge is -2.16. The van der Waals surface area contributed by atoms with Crippen LogP contribution in [0.3, 0.4) is 0 Å². The highest BCUT2D eigenvalue weighted by molar-refractivity contribution is 7.89. The van der Waals surface area contributed by atoms with Crippen LogP contribution >= 0.6 is 0 Å². The Morgan fingerprint density at radius 1 is 1.03 bits per heavy atom. The summed E-state index contributed by atoms with van der Waals surface area (Å²) in [7, 11) is -1.87. The molecule has 3 aromatic rings. The van der Waals surface area contributed by atoms with Crippen LogP contribution in [-0.2, 0) is 10.0 Å². The molecule has 1 saturated carbocycles. The maximum atomic E-state index is 12.8. The minimum Gasteiger partial charge on any atom is -0.491 e. The van der Waals surface area contributed by atoms with Crippen LogP contribution < -0.4 is 15.8 Å². The highest BCUT2D eigenvalue weighted by Gasteiger charge is 2.35. The number of nitrogen functional groups attached to an aromatic ring is 1. The van der Waals surface area contributed by atoms with Gasteiger partial charge in [-0.25, -0.2) is 13.4 Å². The molecule has 1 aromatic heterocycles. The van der Waals surface area contributed by atoms with Crippen molar-refractivity contribution in [3.05, 3.63) is 60.3 Å². The molecule has 0 saturated heterocycles. The van der Waals surface area contributed by atoms with Crippen LogP contribution in [0, 0.1) is 0 Å². The molecular formula is C25H26N4O4S. The second-order valence-corrected chi connectivity index (χ2v) is 10.8. The summed E-state index contributed by atoms with van der Waals surface area (Å²) in [4.78, 5) is 17.0. The van der Waals surface area contributed by atoms with Gasteiger partial charge in [0.05, 0.1) is 16.5 Å². The molecule has 2 aliphatic rings. The first-order valence-corrected chi connectivity index (χ1v) is 12.6. The first kappa shape index (κ1) is 22.4. The molecular weight excluding hydrogens is 452 g/mol. The second-order valence-electron chi connectivity index (χ2n) is 8.83. The van der Waals surface area contributed by atoms with Gasteiger partial charge in [0.25, 0.3) is 5.91 Å². The third kappa shape index (κ3) is 4.12. The van der Waals surface area contributed by atoms with E-state index in [0.29, 0.717) is 29.3 Å². The van der Waals surface area contributed by atoms with Crippen molar-refractivity contribution in [2.75, 3.05) is 19.4 Å². The Bertz CT molecular complexity index is 1370. The van der Waals surface area contributed by atoms with E-state index in [-0.39, 0.29) is 22.9 Å². The molecule has 9 heteroatoms. The Morgan fingerprint density at radius 3 is 2.44 bits per heavy atom. The number of nitrogens with one attached hydrogen (secondary N) is 1. The van der Waals surface area contributed by atoms with Gasteiger partial charge >= 0.3 is 0 Å². The van der Waals surface area contributed by atoms with Gasteiger partial charge in [0.2, 0.25) is 10.0 Å². The highest BCUT2D eigenvalue weighted by atomic mass is 32.2. The van der Waals surface area contributed by atoms with Crippen LogP contribution in [0.1, 0.15) is 30.1 Å². The quantitative estimate of drug-likeness (QED) is 0.582. The molecule has 0 unspecified atom stereocenters. The minimum atomic E-state index is -3.50. The standard InChI is InChI=1S/C25H26N4O4S/c1-15-14-33-23-12-17(5-10-21(23)25(30)28-15)22-11-18(13-27-24(22)26)16-3-8-20(9-4-16)34(31,32)29(2)19-6-7-19/h3-5,8-13,15,19H,6-7,14H2,1-2H3,(H2,26,27)(H,28,30)/t15-/m1/s1. The molecule has 176 valence electrons. The van der Waals surface area contributed by atoms with E-state index in [4.69, 9.17) is 10.5 Å². The summed E-state index contributed by atoms with van der Waals surface area (Å²) in [6, 6.07) is 14.1. The number of sulfonamides is 1. The topological polar surface area (TPSA) is 115 Å². The van der Waals surface area contributed by atoms with Gasteiger partial charge in [-0.3, -0.25) is 4.79 Å². The van der Waals surface area contributed by atoms with Crippen molar-refractivity contribution in [2.45, 2.75) is 36.7 Å². The SMILES string of the molecule is C[C@@H]1COc2cc(-c3cc(-c4ccc(S(=O)(=O)N(C)C5CC5)cc4)cnc3N)ccc2C(=O)N1. The number of nitrogens with two attached hydrogens (primary N) is 1. The summed E-state index contributed by atoms with van der Waals surface area (Å²) >= 11 is 0. The number of nitrogens with zero attached hydrogens (tertiary/aromatic N) is 2. The van der Waals surface area contributed by atoms with Crippen molar-refractivity contribution in [3.8, 4) is 28.0 Å². The van der Waals surface area contributed by atoms with Crippen LogP contribution in [0.5, 0.6) is 5.75 Å². The highest BCUT2D eigenvalue weighted by Crippen LogP contribution is 2.35. The lowest BCUT2D eigenvalue weighted by atomic mass is 9.99. The summed E-state index contributed by atoms with van der Waals surface area (Å²) in [5, 5.41) is 2.88. The number of fused-ring (bicyclic) bond motifs is 1. The number of aromatic nitrogens is 1. The van der Waals surface area contributed by atoms with E-state index < -0.39 is 10.0 Å². The summed E-state index contributed by atoms with van der Waals surface area (Å²) in [5.74, 6) is 0.674. The van der Waals surface area contributed by atoms with Crippen LogP contribution in [0.15, 0.2) is 59.6 Å². The molecule has 2 heterocycles. The van der Waals surface area contributed by atoms with Crippen molar-refractivity contribution >= 4 is 21.7 Å². The number of pyridine rings is 1. The number of hydrogen-bond donors (Lipinski definition) is 2. The second kappa shape index (κ2) is 8.41. The molecule has 8 nitrogen and oxygen atoms in total. The van der Waals surface area contributed by atoms with Gasteiger partial charge in [-0.2, -0.15) is 4.31 Å². The number of hydrogen-bond acceptors (Lipinski definition) is 6. The number of ether oxygens (including phenoxy) is 1. The van der Waals surface area contributed by atoms with Gasteiger partial charge in [0.1, 0.15) is 18.2 Å². The zero-order valence-electron chi connectivity index (χ0n) is 19.0. The van der Waals surface area contributed by atoms with Crippen LogP contribution in [0.2, 0.25) is 0 Å². The number of amides is 1. The first-order valence-electron chi connectivity index (χ1n) is 11.2. The van der Waals surface area contributed by atoms with E-state index in [1.807, 2.05) is 19.1 Å². The largest absolute Gasteiger partial charge is 0.491 e. The maximum Gasteiger partial charge on any atom is 0.255 e. The van der Waals surface area contributed by atoms with Crippen LogP contribution in [-0.4, -0.2) is 49.4 Å². The van der Waals surface area contributed by atoms with E-state index in [1.54, 1.807) is 49.6 Å². The van der Waals surface area contributed by atoms with Crippen molar-refractivity contribution in [2.24, 2.45) is 0 Å². The number of benzene rings is 2. The lowest BCUT2D eigenvalue weighted by molar-refractivity contribution is 0.0942. The van der Waals surface area contributed by atoms with Gasteiger partial charge in [0, 0.05) is 30.4 Å². The van der Waals surface area contributed by atoms with Crippen LogP contribution in [0.4, 0.5) is 5.82 Å². The fraction of sp³-hybridized carbons (Fsp3) is 0.280. The summed E-state index contributed by atoms with van der Waals surface area (Å²) in [5.41, 5.74) is 9.76. The van der Waals surface area contributed by atoms with E-state index in [2.05, 4.69) is 10.3 Å². The molecule has 1 atom stereocenters. The molecule has 1 fully saturated rings. The van der Waals surface area contributed by atoms with Gasteiger partial charge in [0.15, 0.2) is 0 Å². The third-order valence-electron chi connectivity index (χ3n) is 6.25. The smallest absolute Gasteiger partial charge is 0.255 e. The molecule has 2 aromatic carbocycles. The van der Waals surface area contributed by atoms with E-state index in [1.165, 1.54) is 4.31 Å².